The second kappa shape index (κ2) is 39.3. The van der Waals surface area contributed by atoms with Gasteiger partial charge in [-0.3, -0.25) is 18.6 Å². The van der Waals surface area contributed by atoms with Crippen LogP contribution in [0.1, 0.15) is 149 Å². The average molecular weight is 849 g/mol. The van der Waals surface area contributed by atoms with Crippen molar-refractivity contribution < 1.29 is 47.2 Å². The van der Waals surface area contributed by atoms with Gasteiger partial charge in [-0.15, -0.1) is 0 Å². The number of hydrogen-bond acceptors (Lipinski definition) is 8. The highest BCUT2D eigenvalue weighted by Crippen LogP contribution is 2.43. The van der Waals surface area contributed by atoms with Gasteiger partial charge in [-0.2, -0.15) is 0 Å². The number of aliphatic hydroxyl groups is 1. The number of carbonyl (C=O) groups excluding carboxylic acids is 2. The summed E-state index contributed by atoms with van der Waals surface area (Å²) in [6.07, 6.45) is 46.5. The molecule has 0 saturated carbocycles. The fourth-order valence-electron chi connectivity index (χ4n) is 5.47. The van der Waals surface area contributed by atoms with E-state index in [-0.39, 0.29) is 26.1 Å². The van der Waals surface area contributed by atoms with Gasteiger partial charge in [0.1, 0.15) is 19.8 Å². The number of carbonyl (C=O) groups is 2. The van der Waals surface area contributed by atoms with Crippen molar-refractivity contribution in [1.29, 1.82) is 0 Å². The molecule has 0 aromatic heterocycles. The van der Waals surface area contributed by atoms with Crippen molar-refractivity contribution in [3.05, 3.63) is 85.1 Å². The number of nitrogens with zero attached hydrogens (tertiary/aromatic N) is 1. The van der Waals surface area contributed by atoms with E-state index in [2.05, 4.69) is 80.7 Å². The molecule has 0 fully saturated rings. The first-order valence-electron chi connectivity index (χ1n) is 22.4. The van der Waals surface area contributed by atoms with Gasteiger partial charge in [0.25, 0.3) is 0 Å². The Balaban J connectivity index is 4.51. The molecule has 59 heavy (non-hydrogen) atoms. The largest absolute Gasteiger partial charge is 0.472 e. The van der Waals surface area contributed by atoms with Crippen LogP contribution >= 0.6 is 7.82 Å². The lowest BCUT2D eigenvalue weighted by Crippen LogP contribution is -2.37. The van der Waals surface area contributed by atoms with Crippen LogP contribution in [-0.4, -0.2) is 86.1 Å². The molecule has 0 aromatic rings. The first-order valence-corrected chi connectivity index (χ1v) is 23.9. The number of likely N-dealkylation sites (N-methyl/N-ethyl adjacent to an activating group) is 1. The van der Waals surface area contributed by atoms with Crippen LogP contribution in [0, 0.1) is 0 Å². The summed E-state index contributed by atoms with van der Waals surface area (Å²) in [6.45, 7) is 4.09. The van der Waals surface area contributed by atoms with Crippen LogP contribution in [0.4, 0.5) is 0 Å². The zero-order valence-electron chi connectivity index (χ0n) is 37.6. The molecule has 10 nitrogen and oxygen atoms in total. The third-order valence-electron chi connectivity index (χ3n) is 9.01. The topological polar surface area (TPSA) is 129 Å². The molecule has 3 atom stereocenters. The normalized spacial score (nSPS) is 14.9. The summed E-state index contributed by atoms with van der Waals surface area (Å²) < 4.78 is 34.2. The highest BCUT2D eigenvalue weighted by atomic mass is 31.2. The molecule has 0 heterocycles. The Morgan fingerprint density at radius 2 is 1.17 bits per heavy atom. The second-order valence-corrected chi connectivity index (χ2v) is 17.3. The van der Waals surface area contributed by atoms with Crippen molar-refractivity contribution >= 4 is 19.8 Å². The summed E-state index contributed by atoms with van der Waals surface area (Å²) in [5.74, 6) is -0.920. The summed E-state index contributed by atoms with van der Waals surface area (Å²) in [6, 6.07) is 0. The highest BCUT2D eigenvalue weighted by Gasteiger charge is 2.27. The molecule has 0 spiro atoms. The maximum Gasteiger partial charge on any atom is 0.472 e. The van der Waals surface area contributed by atoms with E-state index in [1.165, 1.54) is 25.7 Å². The number of phosphoric acid groups is 1. The van der Waals surface area contributed by atoms with Crippen molar-refractivity contribution in [2.75, 3.05) is 47.5 Å². The number of hydrogen-bond donors (Lipinski definition) is 2. The minimum absolute atomic E-state index is 0.00331. The van der Waals surface area contributed by atoms with Gasteiger partial charge >= 0.3 is 19.8 Å². The second-order valence-electron chi connectivity index (χ2n) is 15.9. The van der Waals surface area contributed by atoms with Crippen LogP contribution in [0.3, 0.4) is 0 Å². The summed E-state index contributed by atoms with van der Waals surface area (Å²) in [5, 5.41) is 10.2. The molecule has 0 bridgehead atoms. The smallest absolute Gasteiger partial charge is 0.462 e. The minimum atomic E-state index is -4.41. The van der Waals surface area contributed by atoms with Crippen molar-refractivity contribution in [1.82, 2.24) is 0 Å². The minimum Gasteiger partial charge on any atom is -0.462 e. The molecule has 0 amide bonds. The Bertz CT molecular complexity index is 1300. The quantitative estimate of drug-likeness (QED) is 0.0155. The molecule has 0 rings (SSSR count). The fourth-order valence-corrected chi connectivity index (χ4v) is 6.21. The van der Waals surface area contributed by atoms with Crippen molar-refractivity contribution in [3.8, 4) is 0 Å². The first-order chi connectivity index (χ1) is 28.4. The van der Waals surface area contributed by atoms with Gasteiger partial charge in [-0.25, -0.2) is 4.57 Å². The van der Waals surface area contributed by atoms with Gasteiger partial charge in [-0.1, -0.05) is 144 Å². The Labute approximate surface area is 359 Å². The molecular formula is C48H83NO9P+. The summed E-state index contributed by atoms with van der Waals surface area (Å²) >= 11 is 0. The lowest BCUT2D eigenvalue weighted by atomic mass is 10.1. The summed E-state index contributed by atoms with van der Waals surface area (Å²) in [4.78, 5) is 35.4. The monoisotopic (exact) mass is 849 g/mol. The Hall–Kier alpha value is -2.85. The Morgan fingerprint density at radius 1 is 0.627 bits per heavy atom. The molecule has 2 unspecified atom stereocenters. The zero-order chi connectivity index (χ0) is 43.7. The van der Waals surface area contributed by atoms with Gasteiger partial charge in [0, 0.05) is 12.8 Å². The lowest BCUT2D eigenvalue weighted by molar-refractivity contribution is -0.870. The number of unbranched alkanes of at least 4 members (excludes halogenated alkanes) is 10. The SMILES string of the molecule is CC/C=C/C/C=C/C=C/C(O)CCCCCCCC(=O)O[C@H](COC(=O)CCCCC/C=C\C/C=C\C/C=C\C/C=C\CCCCC)COP(=O)(O)OCC[N+](C)(C)C. The van der Waals surface area contributed by atoms with Crippen LogP contribution < -0.4 is 0 Å². The molecule has 11 heteroatoms. The molecule has 0 aliphatic carbocycles. The lowest BCUT2D eigenvalue weighted by Gasteiger charge is -2.24. The van der Waals surface area contributed by atoms with Crippen LogP contribution in [0.2, 0.25) is 0 Å². The van der Waals surface area contributed by atoms with E-state index in [0.29, 0.717) is 30.3 Å². The first kappa shape index (κ1) is 56.1. The number of allylic oxidation sites excluding steroid dienone is 13. The van der Waals surface area contributed by atoms with Gasteiger partial charge in [-0.05, 0) is 77.0 Å². The van der Waals surface area contributed by atoms with Crippen LogP contribution in [0.15, 0.2) is 85.1 Å². The highest BCUT2D eigenvalue weighted by molar-refractivity contribution is 7.47. The summed E-state index contributed by atoms with van der Waals surface area (Å²) in [5.41, 5.74) is 0. The van der Waals surface area contributed by atoms with Gasteiger partial charge < -0.3 is 24.0 Å². The summed E-state index contributed by atoms with van der Waals surface area (Å²) in [7, 11) is 1.38. The van der Waals surface area contributed by atoms with E-state index < -0.39 is 38.6 Å². The van der Waals surface area contributed by atoms with Crippen LogP contribution in [0.25, 0.3) is 0 Å². The predicted octanol–water partition coefficient (Wildman–Crippen LogP) is 11.8. The van der Waals surface area contributed by atoms with Gasteiger partial charge in [0.15, 0.2) is 6.10 Å². The van der Waals surface area contributed by atoms with E-state index in [1.807, 2.05) is 33.3 Å². The van der Waals surface area contributed by atoms with Crippen molar-refractivity contribution in [2.24, 2.45) is 0 Å². The van der Waals surface area contributed by atoms with Gasteiger partial charge in [0.2, 0.25) is 0 Å². The molecular weight excluding hydrogens is 766 g/mol. The van der Waals surface area contributed by atoms with Crippen LogP contribution in [-0.2, 0) is 32.7 Å². The maximum absolute atomic E-state index is 12.7. The number of phosphoric ester groups is 1. The van der Waals surface area contributed by atoms with E-state index in [1.54, 1.807) is 6.08 Å². The molecule has 338 valence electrons. The number of quaternary nitrogens is 1. The van der Waals surface area contributed by atoms with E-state index in [9.17, 15) is 24.2 Å². The van der Waals surface area contributed by atoms with Crippen molar-refractivity contribution in [2.45, 2.75) is 161 Å². The van der Waals surface area contributed by atoms with Crippen LogP contribution in [0.5, 0.6) is 0 Å². The van der Waals surface area contributed by atoms with E-state index in [0.717, 1.165) is 77.0 Å². The predicted molar refractivity (Wildman–Crippen MR) is 244 cm³/mol. The third-order valence-corrected chi connectivity index (χ3v) is 10.00. The van der Waals surface area contributed by atoms with E-state index in [4.69, 9.17) is 18.5 Å². The molecule has 0 aliphatic heterocycles. The third kappa shape index (κ3) is 43.1. The molecule has 0 saturated heterocycles. The maximum atomic E-state index is 12.7. The molecule has 2 N–H and O–H groups in total. The molecule has 0 radical (unpaired) electrons. The average Bonchev–Trinajstić information content (AvgIpc) is 3.18. The molecule has 0 aromatic carbocycles. The number of aliphatic hydroxyl groups excluding tert-OH is 1. The Morgan fingerprint density at radius 3 is 1.80 bits per heavy atom. The number of esters is 2. The Kier molecular flexibility index (Phi) is 37.4. The standard InChI is InChI=1S/C48H82NO9P/c1-6-8-10-12-14-15-16-17-18-19-20-21-22-23-24-25-27-31-35-39-47(51)55-43-46(44-57-59(53,54)56-42-41-49(3,4)5)58-48(52)40-36-32-28-30-34-38-45(50)37-33-29-26-13-11-9-7-2/h9,11,14-15,17-18,20-21,23-24,26,29,33,37,45-46,50H,6-8,10,12-13,16,19,22,25,27-28,30-32,34-36,38-44H2,1-5H3/p+1/b11-9+,15-14-,18-17-,21-20-,24-23-,29-26+,37-33+/t45?,46-/m1/s1. The fraction of sp³-hybridized carbons (Fsp3) is 0.667. The van der Waals surface area contributed by atoms with Gasteiger partial charge in [0.05, 0.1) is 33.9 Å². The van der Waals surface area contributed by atoms with Crippen molar-refractivity contribution in [3.63, 3.8) is 0 Å². The zero-order valence-corrected chi connectivity index (χ0v) is 38.5. The van der Waals surface area contributed by atoms with E-state index >= 15 is 0 Å². The molecule has 0 aliphatic rings. The number of ether oxygens (including phenoxy) is 2. The number of rotatable bonds is 39.